The van der Waals surface area contributed by atoms with E-state index in [9.17, 15) is 14.4 Å². The number of carbonyl (C=O) groups excluding carboxylic acids is 3. The van der Waals surface area contributed by atoms with Crippen molar-refractivity contribution in [1.29, 1.82) is 0 Å². The lowest BCUT2D eigenvalue weighted by molar-refractivity contribution is -0.119. The molecule has 40 heavy (non-hydrogen) atoms. The largest absolute Gasteiger partial charge is 0.465 e. The fourth-order valence-corrected chi connectivity index (χ4v) is 4.92. The molecule has 0 aromatic heterocycles. The number of benzene rings is 3. The monoisotopic (exact) mass is 540 g/mol. The van der Waals surface area contributed by atoms with E-state index in [-0.39, 0.29) is 11.8 Å². The molecule has 0 saturated heterocycles. The first-order valence-corrected chi connectivity index (χ1v) is 13.6. The molecule has 1 heterocycles. The van der Waals surface area contributed by atoms with E-state index in [2.05, 4.69) is 24.1 Å². The molecule has 0 aliphatic carbocycles. The van der Waals surface area contributed by atoms with Gasteiger partial charge in [0.25, 0.3) is 0 Å². The summed E-state index contributed by atoms with van der Waals surface area (Å²) in [4.78, 5) is 47.0. The molecule has 1 unspecified atom stereocenters. The normalized spacial score (nSPS) is 14.6. The second kappa shape index (κ2) is 13.2. The number of likely N-dealkylation sites (N-methyl/N-ethyl adjacent to an activating group) is 1. The maximum absolute atomic E-state index is 13.2. The molecule has 0 saturated carbocycles. The van der Waals surface area contributed by atoms with Crippen molar-refractivity contribution in [3.8, 4) is 0 Å². The summed E-state index contributed by atoms with van der Waals surface area (Å²) in [6.45, 7) is 6.40. The Morgan fingerprint density at radius 2 is 1.60 bits per heavy atom. The van der Waals surface area contributed by atoms with Crippen molar-refractivity contribution in [1.82, 2.24) is 4.90 Å². The molecule has 1 atom stereocenters. The molecule has 208 valence electrons. The number of ether oxygens (including phenoxy) is 1. The van der Waals surface area contributed by atoms with Crippen LogP contribution in [0.2, 0.25) is 0 Å². The Hall–Kier alpha value is -4.30. The van der Waals surface area contributed by atoms with Gasteiger partial charge in [-0.15, -0.1) is 0 Å². The molecule has 4 rings (SSSR count). The Morgan fingerprint density at radius 1 is 0.925 bits per heavy atom. The molecule has 0 radical (unpaired) electrons. The fourth-order valence-electron chi connectivity index (χ4n) is 4.92. The summed E-state index contributed by atoms with van der Waals surface area (Å²) < 4.78 is 4.82. The van der Waals surface area contributed by atoms with E-state index in [1.54, 1.807) is 30.1 Å². The van der Waals surface area contributed by atoms with Gasteiger partial charge in [0.05, 0.1) is 30.6 Å². The third kappa shape index (κ3) is 6.46. The van der Waals surface area contributed by atoms with E-state index in [0.29, 0.717) is 29.2 Å². The summed E-state index contributed by atoms with van der Waals surface area (Å²) >= 11 is 0. The van der Waals surface area contributed by atoms with Gasteiger partial charge in [0.1, 0.15) is 5.92 Å². The van der Waals surface area contributed by atoms with E-state index in [0.717, 1.165) is 42.7 Å². The van der Waals surface area contributed by atoms with Crippen molar-refractivity contribution in [2.75, 3.05) is 44.0 Å². The van der Waals surface area contributed by atoms with Gasteiger partial charge in [-0.25, -0.2) is 4.79 Å². The third-order valence-electron chi connectivity index (χ3n) is 6.95. The smallest absolute Gasteiger partial charge is 0.337 e. The number of aliphatic imine (C=N–C) groups is 1. The maximum atomic E-state index is 13.2. The zero-order valence-corrected chi connectivity index (χ0v) is 23.5. The van der Waals surface area contributed by atoms with Gasteiger partial charge in [-0.2, -0.15) is 0 Å². The zero-order valence-electron chi connectivity index (χ0n) is 23.5. The standard InChI is InChI=1S/C32H36N4O4/c1-5-18-36(19-6-2)21-28(37)35(3)25-15-13-24(14-16-25)33-30(22-10-8-7-9-11-22)29-26-17-12-23(32(39)40-4)20-27(26)34-31(29)38/h7-17,20,29H,5-6,18-19,21H2,1-4H3,(H,34,38). The topological polar surface area (TPSA) is 91.3 Å². The third-order valence-corrected chi connectivity index (χ3v) is 6.95. The van der Waals surface area contributed by atoms with Crippen LogP contribution >= 0.6 is 0 Å². The predicted molar refractivity (Wildman–Crippen MR) is 159 cm³/mol. The van der Waals surface area contributed by atoms with Crippen LogP contribution in [0, 0.1) is 0 Å². The van der Waals surface area contributed by atoms with Crippen LogP contribution in [0.4, 0.5) is 17.1 Å². The molecular formula is C32H36N4O4. The number of nitrogens with zero attached hydrogens (tertiary/aromatic N) is 3. The number of hydrogen-bond donors (Lipinski definition) is 1. The second-order valence-electron chi connectivity index (χ2n) is 9.82. The summed E-state index contributed by atoms with van der Waals surface area (Å²) in [5.41, 5.74) is 4.52. The predicted octanol–water partition coefficient (Wildman–Crippen LogP) is 5.41. The number of esters is 1. The van der Waals surface area contributed by atoms with Crippen molar-refractivity contribution in [3.05, 3.63) is 89.5 Å². The number of amides is 2. The zero-order chi connectivity index (χ0) is 28.6. The highest BCUT2D eigenvalue weighted by Crippen LogP contribution is 2.37. The van der Waals surface area contributed by atoms with Crippen LogP contribution in [-0.4, -0.2) is 62.2 Å². The minimum absolute atomic E-state index is 0.0358. The molecule has 3 aromatic carbocycles. The van der Waals surface area contributed by atoms with Crippen molar-refractivity contribution in [3.63, 3.8) is 0 Å². The van der Waals surface area contributed by atoms with Gasteiger partial charge in [0.15, 0.2) is 0 Å². The van der Waals surface area contributed by atoms with Gasteiger partial charge < -0.3 is 15.0 Å². The van der Waals surface area contributed by atoms with Crippen LogP contribution in [0.25, 0.3) is 0 Å². The minimum Gasteiger partial charge on any atom is -0.465 e. The molecule has 8 nitrogen and oxygen atoms in total. The van der Waals surface area contributed by atoms with Gasteiger partial charge in [0.2, 0.25) is 11.8 Å². The summed E-state index contributed by atoms with van der Waals surface area (Å²) in [5.74, 6) is -1.31. The molecular weight excluding hydrogens is 504 g/mol. The number of anilines is 2. The highest BCUT2D eigenvalue weighted by atomic mass is 16.5. The Balaban J connectivity index is 1.63. The number of rotatable bonds is 11. The average molecular weight is 541 g/mol. The van der Waals surface area contributed by atoms with Crippen molar-refractivity contribution in [2.45, 2.75) is 32.6 Å². The van der Waals surface area contributed by atoms with Crippen LogP contribution in [0.5, 0.6) is 0 Å². The molecule has 1 aliphatic rings. The number of nitrogens with one attached hydrogen (secondary N) is 1. The molecule has 0 bridgehead atoms. The molecule has 3 aromatic rings. The lowest BCUT2D eigenvalue weighted by Crippen LogP contribution is -2.39. The molecule has 1 N–H and O–H groups in total. The van der Waals surface area contributed by atoms with Crippen LogP contribution in [0.1, 0.15) is 54.1 Å². The number of fused-ring (bicyclic) bond motifs is 1. The first-order chi connectivity index (χ1) is 19.4. The van der Waals surface area contributed by atoms with Crippen molar-refractivity contribution < 1.29 is 19.1 Å². The number of methoxy groups -OCH3 is 1. The van der Waals surface area contributed by atoms with E-state index in [4.69, 9.17) is 9.73 Å². The van der Waals surface area contributed by atoms with Crippen molar-refractivity contribution >= 4 is 40.6 Å². The second-order valence-corrected chi connectivity index (χ2v) is 9.82. The van der Waals surface area contributed by atoms with Crippen LogP contribution < -0.4 is 10.2 Å². The lowest BCUT2D eigenvalue weighted by Gasteiger charge is -2.24. The van der Waals surface area contributed by atoms with Gasteiger partial charge >= 0.3 is 5.97 Å². The minimum atomic E-state index is -0.656. The summed E-state index contributed by atoms with van der Waals surface area (Å²) in [6.07, 6.45) is 2.01. The van der Waals surface area contributed by atoms with E-state index in [1.807, 2.05) is 54.6 Å². The van der Waals surface area contributed by atoms with Crippen LogP contribution in [0.3, 0.4) is 0 Å². The Kier molecular flexibility index (Phi) is 9.45. The van der Waals surface area contributed by atoms with Crippen molar-refractivity contribution in [2.24, 2.45) is 4.99 Å². The summed E-state index contributed by atoms with van der Waals surface area (Å²) in [6, 6.07) is 22.1. The first kappa shape index (κ1) is 28.7. The van der Waals surface area contributed by atoms with E-state index >= 15 is 0 Å². The Labute approximate surface area is 235 Å². The SMILES string of the molecule is CCCN(CCC)CC(=O)N(C)c1ccc(N=C(c2ccccc2)C2C(=O)Nc3cc(C(=O)OC)ccc32)cc1. The van der Waals surface area contributed by atoms with Gasteiger partial charge in [-0.05, 0) is 73.5 Å². The average Bonchev–Trinajstić information content (AvgIpc) is 3.30. The highest BCUT2D eigenvalue weighted by molar-refractivity contribution is 6.24. The van der Waals surface area contributed by atoms with Crippen LogP contribution in [0.15, 0.2) is 77.8 Å². The van der Waals surface area contributed by atoms with Gasteiger partial charge in [0, 0.05) is 18.4 Å². The lowest BCUT2D eigenvalue weighted by atomic mass is 9.90. The quantitative estimate of drug-likeness (QED) is 0.259. The Bertz CT molecular complexity index is 1380. The molecule has 0 fully saturated rings. The molecule has 1 aliphatic heterocycles. The summed E-state index contributed by atoms with van der Waals surface area (Å²) in [7, 11) is 3.11. The van der Waals surface area contributed by atoms with Gasteiger partial charge in [-0.3, -0.25) is 19.5 Å². The number of hydrogen-bond acceptors (Lipinski definition) is 6. The maximum Gasteiger partial charge on any atom is 0.337 e. The van der Waals surface area contributed by atoms with Gasteiger partial charge in [-0.1, -0.05) is 50.2 Å². The molecule has 0 spiro atoms. The first-order valence-electron chi connectivity index (χ1n) is 13.6. The summed E-state index contributed by atoms with van der Waals surface area (Å²) in [5, 5.41) is 2.90. The molecule has 2 amide bonds. The fraction of sp³-hybridized carbons (Fsp3) is 0.312. The highest BCUT2D eigenvalue weighted by Gasteiger charge is 2.36. The Morgan fingerprint density at radius 3 is 2.23 bits per heavy atom. The molecule has 8 heteroatoms. The van der Waals surface area contributed by atoms with Crippen LogP contribution in [-0.2, 0) is 14.3 Å². The van der Waals surface area contributed by atoms with E-state index < -0.39 is 11.9 Å². The number of carbonyl (C=O) groups is 3. The van der Waals surface area contributed by atoms with E-state index in [1.165, 1.54) is 7.11 Å².